The molecule has 0 unspecified atom stereocenters. The van der Waals surface area contributed by atoms with Gasteiger partial charge < -0.3 is 14.0 Å². The van der Waals surface area contributed by atoms with Crippen molar-refractivity contribution in [2.45, 2.75) is 12.5 Å². The molecule has 5 rings (SSSR count). The number of imidazole rings is 1. The van der Waals surface area contributed by atoms with Crippen molar-refractivity contribution in [1.29, 1.82) is 0 Å². The Balaban J connectivity index is 1.56. The molecule has 0 radical (unpaired) electrons. The highest BCUT2D eigenvalue weighted by atomic mass is 35.5. The molecule has 0 atom stereocenters. The van der Waals surface area contributed by atoms with E-state index in [1.807, 2.05) is 36.7 Å². The standard InChI is InChI=1S/C24H19ClN2O2/c25-20-14-22-21(28-16-29-22)13-19(20)15-27-12-11-26-24(27)23(17-7-3-1-4-8-17)18-9-5-2-6-10-18/h1-14,23H,15-16H2. The lowest BCUT2D eigenvalue weighted by Crippen LogP contribution is -2.12. The van der Waals surface area contributed by atoms with Gasteiger partial charge in [-0.1, -0.05) is 72.3 Å². The molecule has 0 fully saturated rings. The van der Waals surface area contributed by atoms with E-state index in [1.165, 1.54) is 11.1 Å². The summed E-state index contributed by atoms with van der Waals surface area (Å²) in [6, 6.07) is 24.7. The second kappa shape index (κ2) is 7.64. The fourth-order valence-electron chi connectivity index (χ4n) is 3.76. The number of rotatable bonds is 5. The lowest BCUT2D eigenvalue weighted by Gasteiger charge is -2.20. The number of fused-ring (bicyclic) bond motifs is 1. The van der Waals surface area contributed by atoms with Crippen LogP contribution in [0.4, 0.5) is 0 Å². The van der Waals surface area contributed by atoms with Gasteiger partial charge in [0, 0.05) is 23.5 Å². The van der Waals surface area contributed by atoms with Gasteiger partial charge in [0.15, 0.2) is 11.5 Å². The van der Waals surface area contributed by atoms with Crippen molar-refractivity contribution >= 4 is 11.6 Å². The van der Waals surface area contributed by atoms with Crippen molar-refractivity contribution in [3.63, 3.8) is 0 Å². The van der Waals surface area contributed by atoms with Gasteiger partial charge >= 0.3 is 0 Å². The number of hydrogen-bond donors (Lipinski definition) is 0. The van der Waals surface area contributed by atoms with Crippen LogP contribution in [-0.2, 0) is 6.54 Å². The smallest absolute Gasteiger partial charge is 0.231 e. The van der Waals surface area contributed by atoms with Crippen molar-refractivity contribution in [2.24, 2.45) is 0 Å². The SMILES string of the molecule is Clc1cc2c(cc1Cn1ccnc1C(c1ccccc1)c1ccccc1)OCO2. The second-order valence-corrected chi connectivity index (χ2v) is 7.37. The number of aromatic nitrogens is 2. The molecule has 0 aliphatic carbocycles. The first kappa shape index (κ1) is 17.8. The summed E-state index contributed by atoms with van der Waals surface area (Å²) in [5.41, 5.74) is 3.36. The summed E-state index contributed by atoms with van der Waals surface area (Å²) in [6.07, 6.45) is 3.84. The minimum Gasteiger partial charge on any atom is -0.454 e. The molecular weight excluding hydrogens is 384 g/mol. The highest BCUT2D eigenvalue weighted by Crippen LogP contribution is 2.38. The van der Waals surface area contributed by atoms with E-state index in [-0.39, 0.29) is 12.7 Å². The third-order valence-corrected chi connectivity index (χ3v) is 5.51. The zero-order valence-electron chi connectivity index (χ0n) is 15.7. The molecule has 0 bridgehead atoms. The quantitative estimate of drug-likeness (QED) is 0.442. The minimum atomic E-state index is 0.0280. The zero-order valence-corrected chi connectivity index (χ0v) is 16.4. The van der Waals surface area contributed by atoms with Crippen LogP contribution in [0.1, 0.15) is 28.4 Å². The van der Waals surface area contributed by atoms with Crippen LogP contribution in [0.5, 0.6) is 11.5 Å². The molecule has 29 heavy (non-hydrogen) atoms. The predicted molar refractivity (Wildman–Crippen MR) is 113 cm³/mol. The fraction of sp³-hybridized carbons (Fsp3) is 0.125. The topological polar surface area (TPSA) is 36.3 Å². The first-order valence-corrected chi connectivity index (χ1v) is 9.86. The van der Waals surface area contributed by atoms with Crippen LogP contribution < -0.4 is 9.47 Å². The summed E-state index contributed by atoms with van der Waals surface area (Å²) < 4.78 is 13.1. The molecule has 144 valence electrons. The largest absolute Gasteiger partial charge is 0.454 e. The third-order valence-electron chi connectivity index (χ3n) is 5.15. The van der Waals surface area contributed by atoms with Crippen LogP contribution in [0.2, 0.25) is 5.02 Å². The predicted octanol–water partition coefficient (Wildman–Crippen LogP) is 5.49. The normalized spacial score (nSPS) is 12.5. The first-order chi connectivity index (χ1) is 14.3. The molecule has 4 nitrogen and oxygen atoms in total. The maximum absolute atomic E-state index is 6.52. The maximum Gasteiger partial charge on any atom is 0.231 e. The van der Waals surface area contributed by atoms with Crippen LogP contribution in [-0.4, -0.2) is 16.3 Å². The van der Waals surface area contributed by atoms with Gasteiger partial charge in [-0.3, -0.25) is 0 Å². The van der Waals surface area contributed by atoms with Gasteiger partial charge in [0.05, 0.1) is 12.5 Å². The van der Waals surface area contributed by atoms with Crippen molar-refractivity contribution in [3.8, 4) is 11.5 Å². The molecule has 0 N–H and O–H groups in total. The van der Waals surface area contributed by atoms with Crippen LogP contribution in [0, 0.1) is 0 Å². The minimum absolute atomic E-state index is 0.0280. The van der Waals surface area contributed by atoms with E-state index < -0.39 is 0 Å². The van der Waals surface area contributed by atoms with E-state index in [9.17, 15) is 0 Å². The van der Waals surface area contributed by atoms with Crippen LogP contribution in [0.25, 0.3) is 0 Å². The Hall–Kier alpha value is -3.24. The van der Waals surface area contributed by atoms with Gasteiger partial charge in [0.1, 0.15) is 5.82 Å². The molecule has 0 saturated carbocycles. The van der Waals surface area contributed by atoms with E-state index in [0.29, 0.717) is 17.3 Å². The Morgan fingerprint density at radius 1 is 0.897 bits per heavy atom. The lowest BCUT2D eigenvalue weighted by molar-refractivity contribution is 0.174. The number of benzene rings is 3. The lowest BCUT2D eigenvalue weighted by atomic mass is 9.90. The van der Waals surface area contributed by atoms with Crippen molar-refractivity contribution < 1.29 is 9.47 Å². The van der Waals surface area contributed by atoms with E-state index in [4.69, 9.17) is 26.1 Å². The molecule has 1 aliphatic heterocycles. The summed E-state index contributed by atoms with van der Waals surface area (Å²) in [6.45, 7) is 0.830. The van der Waals surface area contributed by atoms with Gasteiger partial charge in [-0.2, -0.15) is 0 Å². The number of ether oxygens (including phenoxy) is 2. The molecule has 4 aromatic rings. The number of hydrogen-bond acceptors (Lipinski definition) is 3. The summed E-state index contributed by atoms with van der Waals surface area (Å²) in [5, 5.41) is 0.657. The number of nitrogens with zero attached hydrogens (tertiary/aromatic N) is 2. The van der Waals surface area contributed by atoms with E-state index in [1.54, 1.807) is 0 Å². The monoisotopic (exact) mass is 402 g/mol. The Labute approximate surface area is 174 Å². The Morgan fingerprint density at radius 2 is 1.52 bits per heavy atom. The third kappa shape index (κ3) is 3.47. The summed E-state index contributed by atoms with van der Waals surface area (Å²) in [4.78, 5) is 4.73. The molecule has 0 spiro atoms. The van der Waals surface area contributed by atoms with E-state index in [0.717, 1.165) is 17.1 Å². The average molecular weight is 403 g/mol. The molecule has 1 aromatic heterocycles. The molecule has 1 aliphatic rings. The zero-order chi connectivity index (χ0) is 19.6. The van der Waals surface area contributed by atoms with Crippen LogP contribution >= 0.6 is 11.6 Å². The number of halogens is 1. The van der Waals surface area contributed by atoms with Gasteiger partial charge in [-0.15, -0.1) is 0 Å². The Bertz CT molecular complexity index is 1090. The van der Waals surface area contributed by atoms with Gasteiger partial charge in [0.2, 0.25) is 6.79 Å². The highest BCUT2D eigenvalue weighted by molar-refractivity contribution is 6.31. The van der Waals surface area contributed by atoms with Crippen LogP contribution in [0.3, 0.4) is 0 Å². The van der Waals surface area contributed by atoms with Gasteiger partial charge in [-0.25, -0.2) is 4.98 Å². The van der Waals surface area contributed by atoms with Crippen molar-refractivity contribution in [1.82, 2.24) is 9.55 Å². The van der Waals surface area contributed by atoms with Crippen molar-refractivity contribution in [3.05, 3.63) is 113 Å². The highest BCUT2D eigenvalue weighted by Gasteiger charge is 2.23. The van der Waals surface area contributed by atoms with E-state index in [2.05, 4.69) is 53.1 Å². The van der Waals surface area contributed by atoms with E-state index >= 15 is 0 Å². The first-order valence-electron chi connectivity index (χ1n) is 9.48. The average Bonchev–Trinajstić information content (AvgIpc) is 3.40. The maximum atomic E-state index is 6.52. The molecular formula is C24H19ClN2O2. The van der Waals surface area contributed by atoms with Crippen LogP contribution in [0.15, 0.2) is 85.2 Å². The molecule has 5 heteroatoms. The summed E-state index contributed by atoms with van der Waals surface area (Å²) in [5.74, 6) is 2.42. The molecule has 0 amide bonds. The molecule has 3 aromatic carbocycles. The summed E-state index contributed by atoms with van der Waals surface area (Å²) in [7, 11) is 0. The molecule has 2 heterocycles. The second-order valence-electron chi connectivity index (χ2n) is 6.96. The van der Waals surface area contributed by atoms with Crippen molar-refractivity contribution in [2.75, 3.05) is 6.79 Å². The fourth-order valence-corrected chi connectivity index (χ4v) is 3.97. The van der Waals surface area contributed by atoms with Gasteiger partial charge in [0.25, 0.3) is 0 Å². The summed E-state index contributed by atoms with van der Waals surface area (Å²) >= 11 is 6.52. The van der Waals surface area contributed by atoms with Gasteiger partial charge in [-0.05, 0) is 22.8 Å². The Morgan fingerprint density at radius 3 is 2.17 bits per heavy atom. The Kier molecular flexibility index (Phi) is 4.70. The molecule has 0 saturated heterocycles.